The molecule has 1 aliphatic rings. The number of nitrogens with zero attached hydrogens (tertiary/aromatic N) is 2. The first kappa shape index (κ1) is 19.2. The molecule has 0 amide bonds. The number of rotatable bonds is 9. The van der Waals surface area contributed by atoms with Crippen LogP contribution in [0.3, 0.4) is 0 Å². The highest BCUT2D eigenvalue weighted by molar-refractivity contribution is 5.75. The van der Waals surface area contributed by atoms with Crippen molar-refractivity contribution in [2.75, 3.05) is 11.4 Å². The Bertz CT molecular complexity index is 616. The van der Waals surface area contributed by atoms with Gasteiger partial charge in [-0.05, 0) is 37.0 Å². The molecule has 0 N–H and O–H groups in total. The molecule has 0 fully saturated rings. The first-order chi connectivity index (χ1) is 12.2. The minimum Gasteiger partial charge on any atom is -0.406 e. The van der Waals surface area contributed by atoms with E-state index in [1.54, 1.807) is 6.21 Å². The lowest BCUT2D eigenvalue weighted by molar-refractivity contribution is -0.144. The average Bonchev–Trinajstić information content (AvgIpc) is 2.62. The number of hydrogen-bond acceptors (Lipinski definition) is 4. The third kappa shape index (κ3) is 5.73. The van der Waals surface area contributed by atoms with E-state index in [0.29, 0.717) is 12.4 Å². The molecule has 136 valence electrons. The molecular weight excluding hydrogens is 312 g/mol. The summed E-state index contributed by atoms with van der Waals surface area (Å²) in [4.78, 5) is 18.7. The largest absolute Gasteiger partial charge is 0.406 e. The van der Waals surface area contributed by atoms with Gasteiger partial charge in [-0.25, -0.2) is 4.99 Å². The topological polar surface area (TPSA) is 41.9 Å². The maximum absolute atomic E-state index is 12.4. The van der Waals surface area contributed by atoms with E-state index in [4.69, 9.17) is 4.74 Å². The van der Waals surface area contributed by atoms with Crippen LogP contribution in [0.4, 0.5) is 5.69 Å². The number of anilines is 1. The Kier molecular flexibility index (Phi) is 7.71. The standard InChI is InChI=1S/C21H30N2O2/c1-4-8-17-11-7-12-19(15-17)23-14-13-22-20(16-23)25-21(24)18(9-5-2)10-6-3/h7,11-13,15-16,18H,4-6,8-10,14H2,1-3H3. The van der Waals surface area contributed by atoms with Gasteiger partial charge in [0, 0.05) is 11.9 Å². The van der Waals surface area contributed by atoms with Crippen LogP contribution in [-0.2, 0) is 16.0 Å². The maximum Gasteiger partial charge on any atom is 0.315 e. The van der Waals surface area contributed by atoms with E-state index in [0.717, 1.165) is 44.2 Å². The van der Waals surface area contributed by atoms with E-state index in [2.05, 4.69) is 54.9 Å². The van der Waals surface area contributed by atoms with Crippen LogP contribution in [0.1, 0.15) is 58.4 Å². The minimum atomic E-state index is -0.159. The number of esters is 1. The molecule has 0 aromatic heterocycles. The van der Waals surface area contributed by atoms with Crippen LogP contribution in [-0.4, -0.2) is 18.7 Å². The van der Waals surface area contributed by atoms with Gasteiger partial charge in [0.2, 0.25) is 5.88 Å². The zero-order valence-electron chi connectivity index (χ0n) is 15.7. The Morgan fingerprint density at radius 3 is 2.64 bits per heavy atom. The Morgan fingerprint density at radius 2 is 1.96 bits per heavy atom. The van der Waals surface area contributed by atoms with E-state index in [1.807, 2.05) is 6.20 Å². The van der Waals surface area contributed by atoms with Gasteiger partial charge < -0.3 is 9.64 Å². The SMILES string of the molecule is CCCc1cccc(N2C=C(OC(=O)C(CCC)CCC)N=CC2)c1. The summed E-state index contributed by atoms with van der Waals surface area (Å²) in [6, 6.07) is 8.49. The van der Waals surface area contributed by atoms with E-state index in [9.17, 15) is 4.79 Å². The molecule has 0 aliphatic carbocycles. The van der Waals surface area contributed by atoms with Gasteiger partial charge in [0.15, 0.2) is 0 Å². The zero-order valence-corrected chi connectivity index (χ0v) is 15.7. The maximum atomic E-state index is 12.4. The number of aryl methyl sites for hydroxylation is 1. The number of hydrogen-bond donors (Lipinski definition) is 0. The summed E-state index contributed by atoms with van der Waals surface area (Å²) in [6.45, 7) is 7.06. The number of benzene rings is 1. The second-order valence-electron chi connectivity index (χ2n) is 6.55. The third-order valence-corrected chi connectivity index (χ3v) is 4.36. The molecule has 1 aliphatic heterocycles. The molecule has 0 saturated heterocycles. The summed E-state index contributed by atoms with van der Waals surface area (Å²) < 4.78 is 5.57. The molecule has 0 bridgehead atoms. The van der Waals surface area contributed by atoms with E-state index in [-0.39, 0.29) is 11.9 Å². The predicted octanol–water partition coefficient (Wildman–Crippen LogP) is 5.09. The van der Waals surface area contributed by atoms with E-state index < -0.39 is 0 Å². The molecule has 0 saturated carbocycles. The summed E-state index contributed by atoms with van der Waals surface area (Å²) >= 11 is 0. The molecular formula is C21H30N2O2. The zero-order chi connectivity index (χ0) is 18.1. The summed E-state index contributed by atoms with van der Waals surface area (Å²) in [7, 11) is 0. The fraction of sp³-hybridized carbons (Fsp3) is 0.524. The lowest BCUT2D eigenvalue weighted by Gasteiger charge is -2.23. The average molecular weight is 342 g/mol. The Morgan fingerprint density at radius 1 is 1.20 bits per heavy atom. The second kappa shape index (κ2) is 10.0. The highest BCUT2D eigenvalue weighted by atomic mass is 16.5. The fourth-order valence-corrected chi connectivity index (χ4v) is 3.11. The Balaban J connectivity index is 2.07. The molecule has 4 heteroatoms. The van der Waals surface area contributed by atoms with Gasteiger partial charge in [-0.15, -0.1) is 0 Å². The monoisotopic (exact) mass is 342 g/mol. The first-order valence-corrected chi connectivity index (χ1v) is 9.49. The van der Waals surface area contributed by atoms with Crippen LogP contribution < -0.4 is 4.90 Å². The van der Waals surface area contributed by atoms with Crippen LogP contribution in [0.2, 0.25) is 0 Å². The molecule has 2 rings (SSSR count). The van der Waals surface area contributed by atoms with Crippen LogP contribution in [0.15, 0.2) is 41.3 Å². The minimum absolute atomic E-state index is 0.0330. The first-order valence-electron chi connectivity index (χ1n) is 9.49. The number of carbonyl (C=O) groups excluding carboxylic acids is 1. The predicted molar refractivity (Wildman–Crippen MR) is 104 cm³/mol. The summed E-state index contributed by atoms with van der Waals surface area (Å²) in [5.74, 6) is 0.192. The van der Waals surface area contributed by atoms with Crippen LogP contribution in [0, 0.1) is 5.92 Å². The molecule has 0 atom stereocenters. The van der Waals surface area contributed by atoms with E-state index >= 15 is 0 Å². The quantitative estimate of drug-likeness (QED) is 0.587. The Labute approximate surface area is 151 Å². The van der Waals surface area contributed by atoms with Gasteiger partial charge in [0.1, 0.15) is 0 Å². The van der Waals surface area contributed by atoms with Crippen molar-refractivity contribution in [2.24, 2.45) is 10.9 Å². The van der Waals surface area contributed by atoms with Crippen molar-refractivity contribution in [3.8, 4) is 0 Å². The van der Waals surface area contributed by atoms with Crippen LogP contribution in [0.25, 0.3) is 0 Å². The summed E-state index contributed by atoms with van der Waals surface area (Å²) in [5, 5.41) is 0. The molecule has 1 heterocycles. The summed E-state index contributed by atoms with van der Waals surface area (Å²) in [5.41, 5.74) is 2.42. The molecule has 0 spiro atoms. The second-order valence-corrected chi connectivity index (χ2v) is 6.55. The molecule has 0 unspecified atom stereocenters. The lowest BCUT2D eigenvalue weighted by atomic mass is 9.99. The normalized spacial score (nSPS) is 13.9. The van der Waals surface area contributed by atoms with Crippen molar-refractivity contribution in [2.45, 2.75) is 59.3 Å². The summed E-state index contributed by atoms with van der Waals surface area (Å²) in [6.07, 6.45) is 9.52. The van der Waals surface area contributed by atoms with Crippen molar-refractivity contribution >= 4 is 17.9 Å². The van der Waals surface area contributed by atoms with Gasteiger partial charge in [0.25, 0.3) is 0 Å². The molecule has 0 radical (unpaired) electrons. The lowest BCUT2D eigenvalue weighted by Crippen LogP contribution is -2.25. The Hall–Kier alpha value is -2.10. The van der Waals surface area contributed by atoms with Crippen molar-refractivity contribution in [1.82, 2.24) is 0 Å². The molecule has 4 nitrogen and oxygen atoms in total. The highest BCUT2D eigenvalue weighted by Gasteiger charge is 2.21. The molecule has 25 heavy (non-hydrogen) atoms. The number of ether oxygens (including phenoxy) is 1. The van der Waals surface area contributed by atoms with Gasteiger partial charge in [-0.2, -0.15) is 0 Å². The third-order valence-electron chi connectivity index (χ3n) is 4.36. The van der Waals surface area contributed by atoms with Crippen molar-refractivity contribution in [1.29, 1.82) is 0 Å². The van der Waals surface area contributed by atoms with Crippen LogP contribution in [0.5, 0.6) is 0 Å². The highest BCUT2D eigenvalue weighted by Crippen LogP contribution is 2.22. The van der Waals surface area contributed by atoms with Crippen molar-refractivity contribution in [3.63, 3.8) is 0 Å². The van der Waals surface area contributed by atoms with Crippen molar-refractivity contribution < 1.29 is 9.53 Å². The molecule has 1 aromatic rings. The smallest absolute Gasteiger partial charge is 0.315 e. The fourth-order valence-electron chi connectivity index (χ4n) is 3.11. The number of aliphatic imine (C=N–C) groups is 1. The van der Waals surface area contributed by atoms with Gasteiger partial charge in [-0.1, -0.05) is 52.2 Å². The van der Waals surface area contributed by atoms with Crippen molar-refractivity contribution in [3.05, 3.63) is 41.9 Å². The molecule has 1 aromatic carbocycles. The van der Waals surface area contributed by atoms with E-state index in [1.165, 1.54) is 5.56 Å². The van der Waals surface area contributed by atoms with Gasteiger partial charge >= 0.3 is 5.97 Å². The number of carbonyl (C=O) groups is 1. The van der Waals surface area contributed by atoms with Gasteiger partial charge in [0.05, 0.1) is 18.7 Å². The van der Waals surface area contributed by atoms with Crippen LogP contribution >= 0.6 is 0 Å². The van der Waals surface area contributed by atoms with Gasteiger partial charge in [-0.3, -0.25) is 4.79 Å².